The molecule has 0 atom stereocenters. The second-order valence-corrected chi connectivity index (χ2v) is 4.46. The predicted octanol–water partition coefficient (Wildman–Crippen LogP) is 2.34. The molecule has 0 unspecified atom stereocenters. The van der Waals surface area contributed by atoms with Crippen LogP contribution in [0, 0.1) is 0 Å². The molecule has 0 heterocycles. The van der Waals surface area contributed by atoms with Crippen molar-refractivity contribution in [3.8, 4) is 11.1 Å². The maximum Gasteiger partial charge on any atom is 0.489 e. The molecule has 86 valence electrons. The largest absolute Gasteiger partial charge is 0.489 e. The van der Waals surface area contributed by atoms with E-state index in [0.29, 0.717) is 15.5 Å². The summed E-state index contributed by atoms with van der Waals surface area (Å²) >= 11 is 11.8. The lowest BCUT2D eigenvalue weighted by Crippen LogP contribution is -2.30. The molecule has 0 spiro atoms. The first-order chi connectivity index (χ1) is 8.08. The van der Waals surface area contributed by atoms with E-state index in [4.69, 9.17) is 33.2 Å². The Hall–Kier alpha value is -0.995. The predicted molar refractivity (Wildman–Crippen MR) is 71.7 cm³/mol. The van der Waals surface area contributed by atoms with E-state index in [1.807, 2.05) is 12.1 Å². The smallest absolute Gasteiger partial charge is 0.423 e. The van der Waals surface area contributed by atoms with Crippen LogP contribution in [-0.4, -0.2) is 17.2 Å². The third kappa shape index (κ3) is 2.82. The molecular weight excluding hydrogens is 258 g/mol. The van der Waals surface area contributed by atoms with Gasteiger partial charge in [-0.1, -0.05) is 47.5 Å². The Labute approximate surface area is 110 Å². The average molecular weight is 267 g/mol. The van der Waals surface area contributed by atoms with Crippen LogP contribution < -0.4 is 5.46 Å². The Balaban J connectivity index is 2.41. The lowest BCUT2D eigenvalue weighted by molar-refractivity contribution is 0.426. The highest BCUT2D eigenvalue weighted by Gasteiger charge is 2.15. The van der Waals surface area contributed by atoms with Gasteiger partial charge in [-0.15, -0.1) is 0 Å². The second kappa shape index (κ2) is 5.11. The van der Waals surface area contributed by atoms with Crippen LogP contribution >= 0.6 is 23.2 Å². The molecule has 0 aliphatic carbocycles. The van der Waals surface area contributed by atoms with E-state index in [2.05, 4.69) is 0 Å². The van der Waals surface area contributed by atoms with Crippen molar-refractivity contribution in [1.29, 1.82) is 0 Å². The van der Waals surface area contributed by atoms with Gasteiger partial charge >= 0.3 is 7.12 Å². The first-order valence-corrected chi connectivity index (χ1v) is 5.75. The topological polar surface area (TPSA) is 40.5 Å². The highest BCUT2D eigenvalue weighted by Crippen LogP contribution is 2.23. The van der Waals surface area contributed by atoms with Gasteiger partial charge in [-0.3, -0.25) is 0 Å². The summed E-state index contributed by atoms with van der Waals surface area (Å²) in [4.78, 5) is 0. The van der Waals surface area contributed by atoms with E-state index in [-0.39, 0.29) is 0 Å². The summed E-state index contributed by atoms with van der Waals surface area (Å²) in [5.41, 5.74) is 2.16. The normalized spacial score (nSPS) is 10.4. The summed E-state index contributed by atoms with van der Waals surface area (Å²) in [6.45, 7) is 0. The lowest BCUT2D eigenvalue weighted by Gasteiger charge is -2.06. The van der Waals surface area contributed by atoms with Gasteiger partial charge < -0.3 is 10.0 Å². The molecule has 2 aromatic carbocycles. The zero-order chi connectivity index (χ0) is 12.4. The van der Waals surface area contributed by atoms with Crippen molar-refractivity contribution < 1.29 is 10.0 Å². The van der Waals surface area contributed by atoms with Gasteiger partial charge in [-0.05, 0) is 29.3 Å². The van der Waals surface area contributed by atoms with Crippen LogP contribution in [0.4, 0.5) is 0 Å². The maximum atomic E-state index is 9.06. The van der Waals surface area contributed by atoms with Crippen molar-refractivity contribution in [2.75, 3.05) is 0 Å². The van der Waals surface area contributed by atoms with E-state index < -0.39 is 7.12 Å². The fourth-order valence-electron chi connectivity index (χ4n) is 1.56. The van der Waals surface area contributed by atoms with Gasteiger partial charge in [-0.2, -0.15) is 0 Å². The van der Waals surface area contributed by atoms with Gasteiger partial charge in [-0.25, -0.2) is 0 Å². The molecule has 0 bridgehead atoms. The molecule has 2 N–H and O–H groups in total. The zero-order valence-electron chi connectivity index (χ0n) is 8.77. The van der Waals surface area contributed by atoms with E-state index >= 15 is 0 Å². The quantitative estimate of drug-likeness (QED) is 0.820. The fraction of sp³-hybridized carbons (Fsp3) is 0. The van der Waals surface area contributed by atoms with Crippen molar-refractivity contribution in [3.05, 3.63) is 52.5 Å². The molecule has 2 nitrogen and oxygen atoms in total. The van der Waals surface area contributed by atoms with E-state index in [1.165, 1.54) is 0 Å². The van der Waals surface area contributed by atoms with Gasteiger partial charge in [0.1, 0.15) is 0 Å². The molecule has 2 aromatic rings. The summed E-state index contributed by atoms with van der Waals surface area (Å²) in [6.07, 6.45) is 0. The van der Waals surface area contributed by atoms with Crippen molar-refractivity contribution in [2.45, 2.75) is 0 Å². The first kappa shape index (κ1) is 12.5. The van der Waals surface area contributed by atoms with Gasteiger partial charge in [0.15, 0.2) is 0 Å². The molecule has 5 heteroatoms. The van der Waals surface area contributed by atoms with Crippen molar-refractivity contribution in [1.82, 2.24) is 0 Å². The standard InChI is InChI=1S/C12H9BCl2O2/c14-10-4-1-8(2-5-10)9-3-6-11(13(16)17)12(15)7-9/h1-7,16-17H. The highest BCUT2D eigenvalue weighted by molar-refractivity contribution is 6.62. The Morgan fingerprint density at radius 1 is 0.824 bits per heavy atom. The second-order valence-electron chi connectivity index (χ2n) is 3.62. The molecule has 0 aromatic heterocycles. The minimum atomic E-state index is -1.55. The molecule has 0 fully saturated rings. The third-order valence-corrected chi connectivity index (χ3v) is 3.04. The number of rotatable bonds is 2. The van der Waals surface area contributed by atoms with E-state index in [1.54, 1.807) is 30.3 Å². The van der Waals surface area contributed by atoms with Crippen LogP contribution in [0.3, 0.4) is 0 Å². The van der Waals surface area contributed by atoms with Gasteiger partial charge in [0.25, 0.3) is 0 Å². The summed E-state index contributed by atoms with van der Waals surface area (Å²) in [6, 6.07) is 12.4. The number of benzene rings is 2. The highest BCUT2D eigenvalue weighted by atomic mass is 35.5. The third-order valence-electron chi connectivity index (χ3n) is 2.46. The monoisotopic (exact) mass is 266 g/mol. The Bertz CT molecular complexity index is 527. The molecule has 0 saturated carbocycles. The summed E-state index contributed by atoms with van der Waals surface area (Å²) < 4.78 is 0. The van der Waals surface area contributed by atoms with E-state index in [9.17, 15) is 0 Å². The van der Waals surface area contributed by atoms with E-state index in [0.717, 1.165) is 11.1 Å². The SMILES string of the molecule is OB(O)c1ccc(-c2ccc(Cl)cc2)cc1Cl. The molecular formula is C12H9BCl2O2. The molecule has 0 radical (unpaired) electrons. The number of hydrogen-bond acceptors (Lipinski definition) is 2. The van der Waals surface area contributed by atoms with Crippen LogP contribution in [0.5, 0.6) is 0 Å². The lowest BCUT2D eigenvalue weighted by atomic mass is 9.79. The van der Waals surface area contributed by atoms with Crippen LogP contribution in [-0.2, 0) is 0 Å². The van der Waals surface area contributed by atoms with Gasteiger partial charge in [0.05, 0.1) is 0 Å². The average Bonchev–Trinajstić information content (AvgIpc) is 2.29. The zero-order valence-corrected chi connectivity index (χ0v) is 10.3. The fourth-order valence-corrected chi connectivity index (χ4v) is 1.96. The molecule has 17 heavy (non-hydrogen) atoms. The van der Waals surface area contributed by atoms with Gasteiger partial charge in [0.2, 0.25) is 0 Å². The van der Waals surface area contributed by atoms with Crippen molar-refractivity contribution in [3.63, 3.8) is 0 Å². The molecule has 0 saturated heterocycles. The summed E-state index contributed by atoms with van der Waals surface area (Å²) in [5.74, 6) is 0. The number of halogens is 2. The molecule has 0 aliphatic rings. The Morgan fingerprint density at radius 3 is 1.94 bits per heavy atom. The minimum absolute atomic E-state index is 0.296. The minimum Gasteiger partial charge on any atom is -0.423 e. The Morgan fingerprint density at radius 2 is 1.41 bits per heavy atom. The van der Waals surface area contributed by atoms with Crippen LogP contribution in [0.25, 0.3) is 11.1 Å². The number of hydrogen-bond donors (Lipinski definition) is 2. The van der Waals surface area contributed by atoms with Crippen LogP contribution in [0.2, 0.25) is 10.0 Å². The van der Waals surface area contributed by atoms with Gasteiger partial charge in [0, 0.05) is 15.5 Å². The molecule has 2 rings (SSSR count). The summed E-state index contributed by atoms with van der Waals surface area (Å²) in [7, 11) is -1.55. The van der Waals surface area contributed by atoms with Crippen LogP contribution in [0.1, 0.15) is 0 Å². The first-order valence-electron chi connectivity index (χ1n) is 4.99. The summed E-state index contributed by atoms with van der Waals surface area (Å²) in [5, 5.41) is 19.1. The molecule has 0 aliphatic heterocycles. The maximum absolute atomic E-state index is 9.06. The van der Waals surface area contributed by atoms with Crippen LogP contribution in [0.15, 0.2) is 42.5 Å². The Kier molecular flexibility index (Phi) is 3.74. The van der Waals surface area contributed by atoms with Crippen molar-refractivity contribution >= 4 is 35.8 Å². The molecule has 0 amide bonds. The van der Waals surface area contributed by atoms with Crippen molar-refractivity contribution in [2.24, 2.45) is 0 Å².